The van der Waals surface area contributed by atoms with Crippen molar-refractivity contribution in [2.75, 3.05) is 11.1 Å². The fraction of sp³-hybridized carbons (Fsp3) is 1.00. The predicted molar refractivity (Wildman–Crippen MR) is 38.6 cm³/mol. The summed E-state index contributed by atoms with van der Waals surface area (Å²) in [4.78, 5) is 0. The topological polar surface area (TPSA) is 0 Å². The Morgan fingerprint density at radius 2 is 2.29 bits per heavy atom. The van der Waals surface area contributed by atoms with E-state index in [-0.39, 0.29) is 6.67 Å². The van der Waals surface area contributed by atoms with Crippen LogP contribution < -0.4 is 0 Å². The molecular formula is C5H10FI. The highest BCUT2D eigenvalue weighted by Crippen LogP contribution is 2.04. The maximum Gasteiger partial charge on any atom is 0.0897 e. The Morgan fingerprint density at radius 1 is 1.71 bits per heavy atom. The van der Waals surface area contributed by atoms with Crippen molar-refractivity contribution in [3.05, 3.63) is 0 Å². The zero-order valence-corrected chi connectivity index (χ0v) is 6.61. The van der Waals surface area contributed by atoms with E-state index in [2.05, 4.69) is 29.5 Å². The van der Waals surface area contributed by atoms with Crippen molar-refractivity contribution >= 4 is 22.6 Å². The molecule has 0 radical (unpaired) electrons. The van der Waals surface area contributed by atoms with Crippen LogP contribution in [0.15, 0.2) is 0 Å². The highest BCUT2D eigenvalue weighted by Gasteiger charge is 1.95. The Hall–Kier alpha value is 0.660. The minimum absolute atomic E-state index is 0.163. The molecule has 0 spiro atoms. The van der Waals surface area contributed by atoms with Gasteiger partial charge in [0.15, 0.2) is 0 Å². The van der Waals surface area contributed by atoms with E-state index in [0.717, 1.165) is 10.8 Å². The first-order valence-corrected chi connectivity index (χ1v) is 3.95. The van der Waals surface area contributed by atoms with Gasteiger partial charge in [-0.1, -0.05) is 29.5 Å². The van der Waals surface area contributed by atoms with Crippen molar-refractivity contribution in [2.24, 2.45) is 5.92 Å². The highest BCUT2D eigenvalue weighted by molar-refractivity contribution is 14.1. The summed E-state index contributed by atoms with van der Waals surface area (Å²) < 4.78 is 12.5. The van der Waals surface area contributed by atoms with Gasteiger partial charge in [0, 0.05) is 4.43 Å². The van der Waals surface area contributed by atoms with E-state index in [0.29, 0.717) is 5.92 Å². The molecule has 0 aliphatic heterocycles. The first kappa shape index (κ1) is 7.66. The lowest BCUT2D eigenvalue weighted by Crippen LogP contribution is -1.95. The summed E-state index contributed by atoms with van der Waals surface area (Å²) in [5.41, 5.74) is 0. The van der Waals surface area contributed by atoms with Crippen LogP contribution in [0.25, 0.3) is 0 Å². The minimum Gasteiger partial charge on any atom is -0.251 e. The maximum absolute atomic E-state index is 11.4. The molecule has 0 aromatic heterocycles. The molecule has 0 fully saturated rings. The minimum atomic E-state index is -0.163. The van der Waals surface area contributed by atoms with Crippen molar-refractivity contribution < 1.29 is 4.39 Å². The van der Waals surface area contributed by atoms with Gasteiger partial charge in [-0.05, 0) is 12.3 Å². The first-order valence-electron chi connectivity index (χ1n) is 2.43. The second kappa shape index (κ2) is 4.81. The molecule has 0 amide bonds. The fourth-order valence-electron chi connectivity index (χ4n) is 0.263. The lowest BCUT2D eigenvalue weighted by atomic mass is 10.2. The highest BCUT2D eigenvalue weighted by atomic mass is 127. The zero-order valence-electron chi connectivity index (χ0n) is 4.45. The quantitative estimate of drug-likeness (QED) is 0.502. The first-order chi connectivity index (χ1) is 3.31. The standard InChI is InChI=1S/C5H10FI/c1-5(4-7)2-3-6/h5H,2-4H2,1H3. The molecule has 2 heteroatoms. The SMILES string of the molecule is CC(CI)CCF. The molecule has 0 aliphatic rings. The van der Waals surface area contributed by atoms with Crippen LogP contribution in [-0.4, -0.2) is 11.1 Å². The molecule has 0 rings (SSSR count). The molecule has 0 aromatic rings. The lowest BCUT2D eigenvalue weighted by molar-refractivity contribution is 0.425. The van der Waals surface area contributed by atoms with E-state index in [4.69, 9.17) is 0 Å². The predicted octanol–water partition coefficient (Wildman–Crippen LogP) is 2.42. The zero-order chi connectivity index (χ0) is 5.70. The van der Waals surface area contributed by atoms with Gasteiger partial charge >= 0.3 is 0 Å². The molecule has 0 nitrogen and oxygen atoms in total. The van der Waals surface area contributed by atoms with Crippen LogP contribution in [0.3, 0.4) is 0 Å². The Kier molecular flexibility index (Phi) is 5.26. The largest absolute Gasteiger partial charge is 0.251 e. The molecule has 1 unspecified atom stereocenters. The molecule has 0 saturated heterocycles. The van der Waals surface area contributed by atoms with Crippen LogP contribution in [-0.2, 0) is 0 Å². The summed E-state index contributed by atoms with van der Waals surface area (Å²) in [6, 6.07) is 0. The Labute approximate surface area is 57.6 Å². The monoisotopic (exact) mass is 216 g/mol. The third kappa shape index (κ3) is 4.51. The van der Waals surface area contributed by atoms with Crippen molar-refractivity contribution in [1.29, 1.82) is 0 Å². The van der Waals surface area contributed by atoms with Gasteiger partial charge in [0.25, 0.3) is 0 Å². The molecule has 0 aromatic carbocycles. The summed E-state index contributed by atoms with van der Waals surface area (Å²) in [6.45, 7) is 1.90. The van der Waals surface area contributed by atoms with Crippen LogP contribution in [0.2, 0.25) is 0 Å². The van der Waals surface area contributed by atoms with E-state index in [9.17, 15) is 4.39 Å². The molecule has 0 saturated carbocycles. The van der Waals surface area contributed by atoms with Crippen LogP contribution in [0.1, 0.15) is 13.3 Å². The van der Waals surface area contributed by atoms with Crippen LogP contribution in [0.5, 0.6) is 0 Å². The van der Waals surface area contributed by atoms with Gasteiger partial charge in [0.1, 0.15) is 0 Å². The summed E-state index contributed by atoms with van der Waals surface area (Å²) >= 11 is 2.27. The number of halogens is 2. The molecular weight excluding hydrogens is 206 g/mol. The van der Waals surface area contributed by atoms with Crippen LogP contribution in [0.4, 0.5) is 4.39 Å². The van der Waals surface area contributed by atoms with E-state index in [1.807, 2.05) is 0 Å². The average molecular weight is 216 g/mol. The normalized spacial score (nSPS) is 14.1. The van der Waals surface area contributed by atoms with Gasteiger partial charge in [0.05, 0.1) is 6.67 Å². The number of alkyl halides is 2. The number of rotatable bonds is 3. The van der Waals surface area contributed by atoms with E-state index in [1.54, 1.807) is 0 Å². The summed E-state index contributed by atoms with van der Waals surface area (Å²) in [5, 5.41) is 0. The molecule has 0 bridgehead atoms. The molecule has 44 valence electrons. The fourth-order valence-corrected chi connectivity index (χ4v) is 0.704. The summed E-state index contributed by atoms with van der Waals surface area (Å²) in [7, 11) is 0. The Bertz CT molecular complexity index is 39.1. The van der Waals surface area contributed by atoms with Gasteiger partial charge in [-0.2, -0.15) is 0 Å². The van der Waals surface area contributed by atoms with Crippen molar-refractivity contribution in [2.45, 2.75) is 13.3 Å². The van der Waals surface area contributed by atoms with Gasteiger partial charge in [-0.25, -0.2) is 0 Å². The molecule has 1 atom stereocenters. The van der Waals surface area contributed by atoms with Gasteiger partial charge in [0.2, 0.25) is 0 Å². The third-order valence-corrected chi connectivity index (χ3v) is 2.37. The van der Waals surface area contributed by atoms with Crippen LogP contribution >= 0.6 is 22.6 Å². The van der Waals surface area contributed by atoms with E-state index >= 15 is 0 Å². The molecule has 0 aliphatic carbocycles. The summed E-state index contributed by atoms with van der Waals surface area (Å²) in [6.07, 6.45) is 0.725. The number of hydrogen-bond acceptors (Lipinski definition) is 0. The lowest BCUT2D eigenvalue weighted by Gasteiger charge is -1.99. The Balaban J connectivity index is 2.83. The van der Waals surface area contributed by atoms with Gasteiger partial charge < -0.3 is 0 Å². The molecule has 0 heterocycles. The van der Waals surface area contributed by atoms with E-state index < -0.39 is 0 Å². The molecule has 7 heavy (non-hydrogen) atoms. The van der Waals surface area contributed by atoms with Crippen molar-refractivity contribution in [3.8, 4) is 0 Å². The van der Waals surface area contributed by atoms with E-state index in [1.165, 1.54) is 0 Å². The second-order valence-corrected chi connectivity index (χ2v) is 2.62. The summed E-state index contributed by atoms with van der Waals surface area (Å²) in [5.74, 6) is 0.561. The Morgan fingerprint density at radius 3 is 2.43 bits per heavy atom. The van der Waals surface area contributed by atoms with Crippen molar-refractivity contribution in [1.82, 2.24) is 0 Å². The van der Waals surface area contributed by atoms with Gasteiger partial charge in [-0.15, -0.1) is 0 Å². The maximum atomic E-state index is 11.4. The van der Waals surface area contributed by atoms with Gasteiger partial charge in [-0.3, -0.25) is 4.39 Å². The smallest absolute Gasteiger partial charge is 0.0897 e. The van der Waals surface area contributed by atoms with Crippen LogP contribution in [0, 0.1) is 5.92 Å². The average Bonchev–Trinajstić information content (AvgIpc) is 1.68. The van der Waals surface area contributed by atoms with Crippen molar-refractivity contribution in [3.63, 3.8) is 0 Å². The third-order valence-electron chi connectivity index (χ3n) is 0.865. The second-order valence-electron chi connectivity index (χ2n) is 1.74. The molecule has 0 N–H and O–H groups in total. The number of hydrogen-bond donors (Lipinski definition) is 0.